The standard InChI is InChI=1S/C17H24ClN7OS/c1-17(9-19)4-7-25(8-5-17)16-23-14(21)12(15(26)24(16)2)27-10-3-6-22-13(20)11(10)18/h3,6H,4-5,7-9,19,21H2,1-2H3,(H2,20,22). The molecule has 0 unspecified atom stereocenters. The first-order valence-electron chi connectivity index (χ1n) is 8.65. The third-order valence-corrected chi connectivity index (χ3v) is 6.75. The van der Waals surface area contributed by atoms with Crippen LogP contribution in [0, 0.1) is 5.41 Å². The third-order valence-electron chi connectivity index (χ3n) is 5.09. The van der Waals surface area contributed by atoms with Crippen molar-refractivity contribution in [3.05, 3.63) is 27.6 Å². The highest BCUT2D eigenvalue weighted by Crippen LogP contribution is 2.37. The summed E-state index contributed by atoms with van der Waals surface area (Å²) < 4.78 is 1.53. The quantitative estimate of drug-likeness (QED) is 0.695. The van der Waals surface area contributed by atoms with Crippen LogP contribution in [0.15, 0.2) is 26.8 Å². The van der Waals surface area contributed by atoms with Gasteiger partial charge in [0.2, 0.25) is 5.95 Å². The Bertz CT molecular complexity index is 909. The Labute approximate surface area is 167 Å². The van der Waals surface area contributed by atoms with Gasteiger partial charge in [-0.25, -0.2) is 4.98 Å². The van der Waals surface area contributed by atoms with E-state index in [1.165, 1.54) is 10.8 Å². The Morgan fingerprint density at radius 1 is 1.30 bits per heavy atom. The van der Waals surface area contributed by atoms with E-state index < -0.39 is 0 Å². The fraction of sp³-hybridized carbons (Fsp3) is 0.471. The summed E-state index contributed by atoms with van der Waals surface area (Å²) >= 11 is 7.33. The number of hydrogen-bond donors (Lipinski definition) is 3. The first-order chi connectivity index (χ1) is 12.8. The molecule has 1 aliphatic heterocycles. The number of aromatic nitrogens is 3. The summed E-state index contributed by atoms with van der Waals surface area (Å²) in [7, 11) is 1.70. The molecule has 0 aliphatic carbocycles. The molecule has 0 amide bonds. The van der Waals surface area contributed by atoms with Crippen LogP contribution in [0.5, 0.6) is 0 Å². The largest absolute Gasteiger partial charge is 0.382 e. The lowest BCUT2D eigenvalue weighted by Gasteiger charge is -2.39. The Hall–Kier alpha value is -1.97. The second kappa shape index (κ2) is 7.57. The summed E-state index contributed by atoms with van der Waals surface area (Å²) in [5.41, 5.74) is 17.7. The minimum Gasteiger partial charge on any atom is -0.382 e. The van der Waals surface area contributed by atoms with Crippen molar-refractivity contribution < 1.29 is 0 Å². The van der Waals surface area contributed by atoms with E-state index in [4.69, 9.17) is 28.8 Å². The van der Waals surface area contributed by atoms with Crippen LogP contribution in [0.4, 0.5) is 17.6 Å². The number of anilines is 3. The molecule has 2 aromatic heterocycles. The zero-order valence-electron chi connectivity index (χ0n) is 15.4. The first kappa shape index (κ1) is 19.8. The fourth-order valence-corrected chi connectivity index (χ4v) is 4.19. The molecule has 0 atom stereocenters. The van der Waals surface area contributed by atoms with E-state index >= 15 is 0 Å². The zero-order valence-corrected chi connectivity index (χ0v) is 17.0. The maximum absolute atomic E-state index is 12.9. The van der Waals surface area contributed by atoms with Crippen LogP contribution >= 0.6 is 23.4 Å². The molecular formula is C17H24ClN7OS. The molecule has 10 heteroatoms. The minimum absolute atomic E-state index is 0.134. The molecular weight excluding hydrogens is 386 g/mol. The van der Waals surface area contributed by atoms with E-state index in [2.05, 4.69) is 21.8 Å². The van der Waals surface area contributed by atoms with Gasteiger partial charge in [0.1, 0.15) is 16.5 Å². The maximum atomic E-state index is 12.9. The van der Waals surface area contributed by atoms with Crippen LogP contribution in [0.25, 0.3) is 0 Å². The van der Waals surface area contributed by atoms with E-state index in [0.29, 0.717) is 27.3 Å². The van der Waals surface area contributed by atoms with Gasteiger partial charge in [-0.3, -0.25) is 9.36 Å². The van der Waals surface area contributed by atoms with Crippen molar-refractivity contribution in [1.82, 2.24) is 14.5 Å². The Morgan fingerprint density at radius 3 is 2.59 bits per heavy atom. The van der Waals surface area contributed by atoms with E-state index in [0.717, 1.165) is 37.7 Å². The van der Waals surface area contributed by atoms with Crippen LogP contribution in [0.2, 0.25) is 5.02 Å². The lowest BCUT2D eigenvalue weighted by atomic mass is 9.81. The van der Waals surface area contributed by atoms with Gasteiger partial charge in [0.25, 0.3) is 5.56 Å². The molecule has 1 saturated heterocycles. The third kappa shape index (κ3) is 3.85. The number of hydrogen-bond acceptors (Lipinski definition) is 8. The van der Waals surface area contributed by atoms with Crippen LogP contribution in [0.1, 0.15) is 19.8 Å². The minimum atomic E-state index is -0.221. The van der Waals surface area contributed by atoms with Crippen molar-refractivity contribution in [3.8, 4) is 0 Å². The van der Waals surface area contributed by atoms with Crippen LogP contribution in [-0.4, -0.2) is 34.2 Å². The normalized spacial score (nSPS) is 16.5. The molecule has 6 N–H and O–H groups in total. The summed E-state index contributed by atoms with van der Waals surface area (Å²) in [5, 5.41) is 0.296. The summed E-state index contributed by atoms with van der Waals surface area (Å²) in [6.07, 6.45) is 3.43. The fourth-order valence-electron chi connectivity index (χ4n) is 3.05. The number of pyridine rings is 1. The molecule has 0 bridgehead atoms. The molecule has 0 aromatic carbocycles. The van der Waals surface area contributed by atoms with Gasteiger partial charge in [-0.15, -0.1) is 0 Å². The number of nitrogen functional groups attached to an aromatic ring is 2. The predicted octanol–water partition coefficient (Wildman–Crippen LogP) is 1.71. The first-order valence-corrected chi connectivity index (χ1v) is 9.84. The summed E-state index contributed by atoms with van der Waals surface area (Å²) in [4.78, 5) is 24.4. The number of halogens is 1. The molecule has 1 aliphatic rings. The lowest BCUT2D eigenvalue weighted by Crippen LogP contribution is -2.44. The highest BCUT2D eigenvalue weighted by atomic mass is 35.5. The van der Waals surface area contributed by atoms with Crippen molar-refractivity contribution >= 4 is 40.9 Å². The molecule has 0 radical (unpaired) electrons. The Morgan fingerprint density at radius 2 is 1.96 bits per heavy atom. The van der Waals surface area contributed by atoms with Gasteiger partial charge in [0.15, 0.2) is 0 Å². The van der Waals surface area contributed by atoms with Gasteiger partial charge in [-0.1, -0.05) is 30.3 Å². The van der Waals surface area contributed by atoms with Crippen molar-refractivity contribution in [1.29, 1.82) is 0 Å². The van der Waals surface area contributed by atoms with E-state index in [-0.39, 0.29) is 22.6 Å². The van der Waals surface area contributed by atoms with Crippen LogP contribution < -0.4 is 27.7 Å². The van der Waals surface area contributed by atoms with Crippen LogP contribution in [0.3, 0.4) is 0 Å². The molecule has 3 rings (SSSR count). The molecule has 3 heterocycles. The van der Waals surface area contributed by atoms with E-state index in [9.17, 15) is 4.79 Å². The van der Waals surface area contributed by atoms with Crippen molar-refractivity contribution in [2.75, 3.05) is 36.0 Å². The highest BCUT2D eigenvalue weighted by Gasteiger charge is 2.30. The SMILES string of the molecule is Cn1c(N2CCC(C)(CN)CC2)nc(N)c(Sc2ccnc(N)c2Cl)c1=O. The second-order valence-corrected chi connectivity index (χ2v) is 8.53. The predicted molar refractivity (Wildman–Crippen MR) is 110 cm³/mol. The summed E-state index contributed by atoms with van der Waals surface area (Å²) in [5.74, 6) is 0.955. The lowest BCUT2D eigenvalue weighted by molar-refractivity contribution is 0.256. The second-order valence-electron chi connectivity index (χ2n) is 7.10. The van der Waals surface area contributed by atoms with Gasteiger partial charge in [0.05, 0.1) is 5.02 Å². The maximum Gasteiger partial charge on any atom is 0.270 e. The number of nitrogens with zero attached hydrogens (tertiary/aromatic N) is 4. The van der Waals surface area contributed by atoms with Crippen molar-refractivity contribution in [3.63, 3.8) is 0 Å². The summed E-state index contributed by atoms with van der Waals surface area (Å²) in [6, 6.07) is 1.69. The Kier molecular flexibility index (Phi) is 5.55. The molecule has 1 fully saturated rings. The van der Waals surface area contributed by atoms with Gasteiger partial charge < -0.3 is 22.1 Å². The van der Waals surface area contributed by atoms with Gasteiger partial charge >= 0.3 is 0 Å². The topological polar surface area (TPSA) is 129 Å². The Balaban J connectivity index is 1.91. The number of nitrogens with two attached hydrogens (primary N) is 3. The molecule has 146 valence electrons. The average molecular weight is 410 g/mol. The monoisotopic (exact) mass is 409 g/mol. The number of piperidine rings is 1. The van der Waals surface area contributed by atoms with E-state index in [1.54, 1.807) is 13.1 Å². The van der Waals surface area contributed by atoms with Crippen molar-refractivity contribution in [2.45, 2.75) is 29.6 Å². The molecule has 27 heavy (non-hydrogen) atoms. The van der Waals surface area contributed by atoms with Crippen molar-refractivity contribution in [2.24, 2.45) is 18.2 Å². The van der Waals surface area contributed by atoms with Crippen LogP contribution in [-0.2, 0) is 7.05 Å². The average Bonchev–Trinajstić information content (AvgIpc) is 2.66. The highest BCUT2D eigenvalue weighted by molar-refractivity contribution is 7.99. The molecule has 0 saturated carbocycles. The van der Waals surface area contributed by atoms with Gasteiger partial charge in [-0.2, -0.15) is 4.98 Å². The number of rotatable bonds is 4. The summed E-state index contributed by atoms with van der Waals surface area (Å²) in [6.45, 7) is 4.41. The van der Waals surface area contributed by atoms with E-state index in [1.807, 2.05) is 0 Å². The molecule has 8 nitrogen and oxygen atoms in total. The zero-order chi connectivity index (χ0) is 19.8. The molecule has 2 aromatic rings. The van der Waals surface area contributed by atoms with Gasteiger partial charge in [0, 0.05) is 31.2 Å². The molecule has 0 spiro atoms. The smallest absolute Gasteiger partial charge is 0.270 e. The van der Waals surface area contributed by atoms with Gasteiger partial charge in [-0.05, 0) is 30.9 Å².